The Morgan fingerprint density at radius 3 is 2.86 bits per heavy atom. The Bertz CT molecular complexity index is 435. The number of hydrogen-bond acceptors (Lipinski definition) is 3. The van der Waals surface area contributed by atoms with Crippen molar-refractivity contribution in [3.63, 3.8) is 0 Å². The molecule has 1 saturated carbocycles. The summed E-state index contributed by atoms with van der Waals surface area (Å²) < 4.78 is 5.08. The first kappa shape index (κ1) is 16.6. The molecule has 4 heteroatoms. The van der Waals surface area contributed by atoms with Gasteiger partial charge in [-0.05, 0) is 37.3 Å². The average Bonchev–Trinajstić information content (AvgIpc) is 3.28. The van der Waals surface area contributed by atoms with E-state index in [2.05, 4.69) is 29.3 Å². The van der Waals surface area contributed by atoms with E-state index in [1.165, 1.54) is 30.6 Å². The number of benzene rings is 1. The number of nitrogens with one attached hydrogen (secondary N) is 1. The van der Waals surface area contributed by atoms with Crippen molar-refractivity contribution >= 4 is 17.3 Å². The van der Waals surface area contributed by atoms with E-state index < -0.39 is 0 Å². The van der Waals surface area contributed by atoms with Gasteiger partial charge in [0, 0.05) is 49.6 Å². The van der Waals surface area contributed by atoms with Gasteiger partial charge in [-0.3, -0.25) is 0 Å². The first-order valence-electron chi connectivity index (χ1n) is 7.98. The number of anilines is 1. The zero-order chi connectivity index (χ0) is 15.1. The fourth-order valence-electron chi connectivity index (χ4n) is 2.60. The van der Waals surface area contributed by atoms with Gasteiger partial charge in [0.15, 0.2) is 0 Å². The van der Waals surface area contributed by atoms with Gasteiger partial charge in [0.05, 0.1) is 6.61 Å². The molecule has 3 nitrogen and oxygen atoms in total. The largest absolute Gasteiger partial charge is 0.383 e. The Labute approximate surface area is 133 Å². The Balaban J connectivity index is 2.09. The SMILES string of the molecule is CCCN(CC1CC1)c1cccc(Cl)c1CNCCOC. The van der Waals surface area contributed by atoms with Gasteiger partial charge in [-0.15, -0.1) is 0 Å². The van der Waals surface area contributed by atoms with Gasteiger partial charge in [0.25, 0.3) is 0 Å². The predicted molar refractivity (Wildman–Crippen MR) is 90.3 cm³/mol. The normalized spacial score (nSPS) is 14.4. The lowest BCUT2D eigenvalue weighted by atomic mass is 10.1. The lowest BCUT2D eigenvalue weighted by Crippen LogP contribution is -2.29. The van der Waals surface area contributed by atoms with Gasteiger partial charge >= 0.3 is 0 Å². The number of methoxy groups -OCH3 is 1. The molecule has 0 radical (unpaired) electrons. The Kier molecular flexibility index (Phi) is 6.81. The zero-order valence-electron chi connectivity index (χ0n) is 13.2. The molecule has 1 aliphatic carbocycles. The summed E-state index contributed by atoms with van der Waals surface area (Å²) in [5.41, 5.74) is 2.51. The van der Waals surface area contributed by atoms with Crippen LogP contribution in [-0.4, -0.2) is 33.4 Å². The predicted octanol–water partition coefficient (Wildman–Crippen LogP) is 3.70. The third-order valence-corrected chi connectivity index (χ3v) is 4.24. The minimum atomic E-state index is 0.723. The molecule has 0 aliphatic heterocycles. The second-order valence-electron chi connectivity index (χ2n) is 5.80. The first-order valence-corrected chi connectivity index (χ1v) is 8.36. The molecule has 0 amide bonds. The van der Waals surface area contributed by atoms with Crippen molar-refractivity contribution in [2.45, 2.75) is 32.7 Å². The molecule has 1 N–H and O–H groups in total. The van der Waals surface area contributed by atoms with Crippen LogP contribution in [0, 0.1) is 5.92 Å². The third-order valence-electron chi connectivity index (χ3n) is 3.89. The topological polar surface area (TPSA) is 24.5 Å². The zero-order valence-corrected chi connectivity index (χ0v) is 14.0. The van der Waals surface area contributed by atoms with Crippen LogP contribution in [0.4, 0.5) is 5.69 Å². The van der Waals surface area contributed by atoms with E-state index in [0.717, 1.165) is 43.6 Å². The van der Waals surface area contributed by atoms with E-state index in [0.29, 0.717) is 0 Å². The van der Waals surface area contributed by atoms with E-state index in [1.54, 1.807) is 7.11 Å². The van der Waals surface area contributed by atoms with Gasteiger partial charge in [0.1, 0.15) is 0 Å². The molecular formula is C17H27ClN2O. The van der Waals surface area contributed by atoms with Crippen LogP contribution in [0.15, 0.2) is 18.2 Å². The van der Waals surface area contributed by atoms with Crippen molar-refractivity contribution in [1.82, 2.24) is 5.32 Å². The van der Waals surface area contributed by atoms with E-state index in [-0.39, 0.29) is 0 Å². The molecule has 0 saturated heterocycles. The summed E-state index contributed by atoms with van der Waals surface area (Å²) in [7, 11) is 1.72. The molecule has 21 heavy (non-hydrogen) atoms. The van der Waals surface area contributed by atoms with Crippen molar-refractivity contribution in [3.05, 3.63) is 28.8 Å². The molecule has 1 fully saturated rings. The van der Waals surface area contributed by atoms with Crippen molar-refractivity contribution in [3.8, 4) is 0 Å². The minimum Gasteiger partial charge on any atom is -0.383 e. The Morgan fingerprint density at radius 1 is 1.38 bits per heavy atom. The van der Waals surface area contributed by atoms with E-state index in [1.807, 2.05) is 6.07 Å². The first-order chi connectivity index (χ1) is 10.3. The maximum absolute atomic E-state index is 6.44. The highest BCUT2D eigenvalue weighted by Crippen LogP contribution is 2.34. The molecule has 118 valence electrons. The number of rotatable bonds is 10. The van der Waals surface area contributed by atoms with Crippen LogP contribution in [-0.2, 0) is 11.3 Å². The van der Waals surface area contributed by atoms with E-state index >= 15 is 0 Å². The van der Waals surface area contributed by atoms with Crippen molar-refractivity contribution in [1.29, 1.82) is 0 Å². The lowest BCUT2D eigenvalue weighted by molar-refractivity contribution is 0.199. The summed E-state index contributed by atoms with van der Waals surface area (Å²) in [6, 6.07) is 6.25. The highest BCUT2D eigenvalue weighted by Gasteiger charge is 2.25. The average molecular weight is 311 g/mol. The van der Waals surface area contributed by atoms with Crippen molar-refractivity contribution < 1.29 is 4.74 Å². The highest BCUT2D eigenvalue weighted by molar-refractivity contribution is 6.31. The van der Waals surface area contributed by atoms with Gasteiger partial charge in [0.2, 0.25) is 0 Å². The minimum absolute atomic E-state index is 0.723. The molecule has 1 aromatic carbocycles. The summed E-state index contributed by atoms with van der Waals surface area (Å²) in [6.07, 6.45) is 3.92. The maximum atomic E-state index is 6.44. The van der Waals surface area contributed by atoms with Gasteiger partial charge in [-0.2, -0.15) is 0 Å². The van der Waals surface area contributed by atoms with Gasteiger partial charge < -0.3 is 15.0 Å². The van der Waals surface area contributed by atoms with Gasteiger partial charge in [-0.1, -0.05) is 24.6 Å². The highest BCUT2D eigenvalue weighted by atomic mass is 35.5. The van der Waals surface area contributed by atoms with Crippen LogP contribution in [0.5, 0.6) is 0 Å². The molecule has 1 aromatic rings. The van der Waals surface area contributed by atoms with Crippen LogP contribution in [0.2, 0.25) is 5.02 Å². The Morgan fingerprint density at radius 2 is 2.19 bits per heavy atom. The number of ether oxygens (including phenoxy) is 1. The standard InChI is InChI=1S/C17H27ClN2O/c1-3-10-20(13-14-7-8-14)17-6-4-5-16(18)15(17)12-19-9-11-21-2/h4-6,14,19H,3,7-13H2,1-2H3. The number of halogens is 1. The lowest BCUT2D eigenvalue weighted by Gasteiger charge is -2.27. The molecular weight excluding hydrogens is 284 g/mol. The summed E-state index contributed by atoms with van der Waals surface area (Å²) in [6.45, 7) is 6.86. The van der Waals surface area contributed by atoms with Crippen molar-refractivity contribution in [2.75, 3.05) is 38.3 Å². The van der Waals surface area contributed by atoms with Crippen LogP contribution in [0.25, 0.3) is 0 Å². The summed E-state index contributed by atoms with van der Waals surface area (Å²) in [4.78, 5) is 2.51. The maximum Gasteiger partial charge on any atom is 0.0587 e. The molecule has 0 spiro atoms. The number of hydrogen-bond donors (Lipinski definition) is 1. The second-order valence-corrected chi connectivity index (χ2v) is 6.20. The monoisotopic (exact) mass is 310 g/mol. The summed E-state index contributed by atoms with van der Waals surface area (Å²) in [5, 5.41) is 4.27. The molecule has 0 heterocycles. The van der Waals surface area contributed by atoms with Crippen molar-refractivity contribution in [2.24, 2.45) is 5.92 Å². The number of nitrogens with zero attached hydrogens (tertiary/aromatic N) is 1. The molecule has 0 bridgehead atoms. The molecule has 0 unspecified atom stereocenters. The van der Waals surface area contributed by atoms with Crippen LogP contribution in [0.3, 0.4) is 0 Å². The molecule has 1 aliphatic rings. The van der Waals surface area contributed by atoms with E-state index in [4.69, 9.17) is 16.3 Å². The van der Waals surface area contributed by atoms with Crippen LogP contribution in [0.1, 0.15) is 31.7 Å². The smallest absolute Gasteiger partial charge is 0.0587 e. The Hall–Kier alpha value is -0.770. The fourth-order valence-corrected chi connectivity index (χ4v) is 2.83. The molecule has 0 atom stereocenters. The quantitative estimate of drug-likeness (QED) is 0.667. The van der Waals surface area contributed by atoms with E-state index in [9.17, 15) is 0 Å². The third kappa shape index (κ3) is 5.17. The molecule has 0 aromatic heterocycles. The molecule has 2 rings (SSSR count). The fraction of sp³-hybridized carbons (Fsp3) is 0.647. The summed E-state index contributed by atoms with van der Waals surface area (Å²) >= 11 is 6.44. The second kappa shape index (κ2) is 8.62. The van der Waals surface area contributed by atoms with Crippen LogP contribution >= 0.6 is 11.6 Å². The summed E-state index contributed by atoms with van der Waals surface area (Å²) in [5.74, 6) is 0.879. The van der Waals surface area contributed by atoms with Crippen LogP contribution < -0.4 is 10.2 Å². The van der Waals surface area contributed by atoms with Gasteiger partial charge in [-0.25, -0.2) is 0 Å².